The molecule has 1 aliphatic rings. The Morgan fingerprint density at radius 3 is 2.42 bits per heavy atom. The summed E-state index contributed by atoms with van der Waals surface area (Å²) >= 11 is 0. The SMILES string of the molecule is CC(C)(C)OC(=O)N1CCC(CCCc2ccc(Cn3ccccc3=O)cc2)CC1C(=O)O. The van der Waals surface area contributed by atoms with Crippen LogP contribution in [0.3, 0.4) is 0 Å². The number of hydrogen-bond donors (Lipinski definition) is 1. The first-order chi connectivity index (χ1) is 15.6. The minimum atomic E-state index is -0.973. The molecule has 7 nitrogen and oxygen atoms in total. The van der Waals surface area contributed by atoms with Gasteiger partial charge in [0, 0.05) is 18.8 Å². The number of benzene rings is 1. The van der Waals surface area contributed by atoms with Gasteiger partial charge in [-0.2, -0.15) is 0 Å². The Morgan fingerprint density at radius 1 is 1.09 bits per heavy atom. The van der Waals surface area contributed by atoms with Gasteiger partial charge in [-0.25, -0.2) is 9.59 Å². The van der Waals surface area contributed by atoms with Crippen LogP contribution < -0.4 is 5.56 Å². The third-order valence-electron chi connectivity index (χ3n) is 5.98. The van der Waals surface area contributed by atoms with Crippen molar-refractivity contribution < 1.29 is 19.4 Å². The maximum atomic E-state index is 12.4. The molecule has 0 spiro atoms. The first kappa shape index (κ1) is 24.6. The largest absolute Gasteiger partial charge is 0.480 e. The number of aryl methyl sites for hydroxylation is 1. The quantitative estimate of drug-likeness (QED) is 0.673. The third kappa shape index (κ3) is 7.20. The predicted molar refractivity (Wildman–Crippen MR) is 126 cm³/mol. The number of pyridine rings is 1. The number of aliphatic carboxylic acids is 1. The van der Waals surface area contributed by atoms with Gasteiger partial charge in [0.15, 0.2) is 0 Å². The predicted octanol–water partition coefficient (Wildman–Crippen LogP) is 4.32. The topological polar surface area (TPSA) is 88.8 Å². The number of aromatic nitrogens is 1. The van der Waals surface area contributed by atoms with Crippen molar-refractivity contribution in [3.63, 3.8) is 0 Å². The molecule has 1 fully saturated rings. The van der Waals surface area contributed by atoms with E-state index in [9.17, 15) is 19.5 Å². The molecule has 1 saturated heterocycles. The van der Waals surface area contributed by atoms with Crippen LogP contribution in [0.2, 0.25) is 0 Å². The molecule has 0 aliphatic carbocycles. The van der Waals surface area contributed by atoms with Crippen LogP contribution in [0.4, 0.5) is 4.79 Å². The first-order valence-corrected chi connectivity index (χ1v) is 11.6. The second-order valence-corrected chi connectivity index (χ2v) is 9.79. The number of rotatable bonds is 7. The van der Waals surface area contributed by atoms with Crippen LogP contribution in [0.15, 0.2) is 53.5 Å². The molecule has 33 heavy (non-hydrogen) atoms. The molecule has 1 aromatic carbocycles. The van der Waals surface area contributed by atoms with E-state index < -0.39 is 23.7 Å². The van der Waals surface area contributed by atoms with E-state index in [-0.39, 0.29) is 11.5 Å². The molecular weight excluding hydrogens is 420 g/mol. The highest BCUT2D eigenvalue weighted by Gasteiger charge is 2.38. The average molecular weight is 455 g/mol. The van der Waals surface area contributed by atoms with Gasteiger partial charge >= 0.3 is 12.1 Å². The molecule has 2 unspecified atom stereocenters. The van der Waals surface area contributed by atoms with Crippen LogP contribution in [0.1, 0.15) is 57.6 Å². The maximum absolute atomic E-state index is 12.4. The highest BCUT2D eigenvalue weighted by Crippen LogP contribution is 2.29. The molecule has 0 bridgehead atoms. The van der Waals surface area contributed by atoms with E-state index in [1.54, 1.807) is 43.7 Å². The van der Waals surface area contributed by atoms with Crippen molar-refractivity contribution in [1.82, 2.24) is 9.47 Å². The van der Waals surface area contributed by atoms with E-state index in [1.807, 2.05) is 6.07 Å². The van der Waals surface area contributed by atoms with Gasteiger partial charge in [0.2, 0.25) is 0 Å². The van der Waals surface area contributed by atoms with Gasteiger partial charge in [0.25, 0.3) is 5.56 Å². The van der Waals surface area contributed by atoms with Crippen LogP contribution in [0.25, 0.3) is 0 Å². The molecule has 1 N–H and O–H groups in total. The fraction of sp³-hybridized carbons (Fsp3) is 0.500. The summed E-state index contributed by atoms with van der Waals surface area (Å²) in [6.45, 7) is 6.29. The van der Waals surface area contributed by atoms with Gasteiger partial charge in [-0.15, -0.1) is 0 Å². The number of hydrogen-bond acceptors (Lipinski definition) is 4. The minimum absolute atomic E-state index is 0.0149. The normalized spacial score (nSPS) is 18.7. The maximum Gasteiger partial charge on any atom is 0.411 e. The van der Waals surface area contributed by atoms with Crippen LogP contribution >= 0.6 is 0 Å². The number of likely N-dealkylation sites (tertiary alicyclic amines) is 1. The Morgan fingerprint density at radius 2 is 1.79 bits per heavy atom. The minimum Gasteiger partial charge on any atom is -0.480 e. The van der Waals surface area contributed by atoms with E-state index in [2.05, 4.69) is 24.3 Å². The number of carboxylic acids is 1. The number of piperidine rings is 1. The fourth-order valence-electron chi connectivity index (χ4n) is 4.27. The van der Waals surface area contributed by atoms with Crippen molar-refractivity contribution >= 4 is 12.1 Å². The zero-order chi connectivity index (χ0) is 24.0. The molecule has 0 saturated carbocycles. The van der Waals surface area contributed by atoms with Gasteiger partial charge in [-0.05, 0) is 76.0 Å². The molecule has 2 aromatic rings. The van der Waals surface area contributed by atoms with Gasteiger partial charge in [-0.3, -0.25) is 9.69 Å². The summed E-state index contributed by atoms with van der Waals surface area (Å²) in [4.78, 5) is 37.4. The molecule has 1 amide bonds. The Bertz CT molecular complexity index is 1010. The summed E-state index contributed by atoms with van der Waals surface area (Å²) in [6.07, 6.45) is 5.28. The third-order valence-corrected chi connectivity index (χ3v) is 5.98. The van der Waals surface area contributed by atoms with Crippen LogP contribution in [0, 0.1) is 5.92 Å². The highest BCUT2D eigenvalue weighted by molar-refractivity contribution is 5.80. The number of amides is 1. The number of carbonyl (C=O) groups excluding carboxylic acids is 1. The van der Waals surface area contributed by atoms with E-state index in [4.69, 9.17) is 4.74 Å². The van der Waals surface area contributed by atoms with E-state index in [1.165, 1.54) is 10.5 Å². The lowest BCUT2D eigenvalue weighted by Crippen LogP contribution is -2.51. The first-order valence-electron chi connectivity index (χ1n) is 11.6. The molecule has 178 valence electrons. The average Bonchev–Trinajstić information content (AvgIpc) is 2.75. The van der Waals surface area contributed by atoms with Gasteiger partial charge in [0.1, 0.15) is 11.6 Å². The van der Waals surface area contributed by atoms with Crippen LogP contribution in [-0.4, -0.2) is 44.8 Å². The number of ether oxygens (including phenoxy) is 1. The lowest BCUT2D eigenvalue weighted by Gasteiger charge is -2.37. The second kappa shape index (κ2) is 10.7. The molecule has 1 aromatic heterocycles. The molecule has 1 aliphatic heterocycles. The second-order valence-electron chi connectivity index (χ2n) is 9.79. The van der Waals surface area contributed by atoms with Crippen molar-refractivity contribution in [3.05, 3.63) is 70.1 Å². The number of carboxylic acid groups (broad SMARTS) is 1. The Hall–Kier alpha value is -3.09. The summed E-state index contributed by atoms with van der Waals surface area (Å²) in [7, 11) is 0. The smallest absolute Gasteiger partial charge is 0.411 e. The molecule has 2 heterocycles. The van der Waals surface area contributed by atoms with E-state index >= 15 is 0 Å². The van der Waals surface area contributed by atoms with Crippen LogP contribution in [0.5, 0.6) is 0 Å². The highest BCUT2D eigenvalue weighted by atomic mass is 16.6. The van der Waals surface area contributed by atoms with Gasteiger partial charge in [0.05, 0.1) is 6.54 Å². The summed E-state index contributed by atoms with van der Waals surface area (Å²) in [5.74, 6) is -0.701. The van der Waals surface area contributed by atoms with Crippen molar-refractivity contribution in [2.45, 2.75) is 71.1 Å². The van der Waals surface area contributed by atoms with Gasteiger partial charge < -0.3 is 14.4 Å². The molecule has 3 rings (SSSR count). The van der Waals surface area contributed by atoms with Crippen molar-refractivity contribution in [1.29, 1.82) is 0 Å². The summed E-state index contributed by atoms with van der Waals surface area (Å²) in [6, 6.07) is 12.6. The standard InChI is InChI=1S/C26H34N2O5/c1-26(2,3)33-25(32)28-16-14-20(17-22(28)24(30)31)8-6-7-19-10-12-21(13-11-19)18-27-15-5-4-9-23(27)29/h4-5,9-13,15,20,22H,6-8,14,16-18H2,1-3H3,(H,30,31). The summed E-state index contributed by atoms with van der Waals surface area (Å²) in [5.41, 5.74) is 1.63. The van der Waals surface area contributed by atoms with E-state index in [0.29, 0.717) is 19.5 Å². The zero-order valence-electron chi connectivity index (χ0n) is 19.7. The monoisotopic (exact) mass is 454 g/mol. The molecule has 0 radical (unpaired) electrons. The zero-order valence-corrected chi connectivity index (χ0v) is 19.7. The molecule has 2 atom stereocenters. The number of nitrogens with zero attached hydrogens (tertiary/aromatic N) is 2. The van der Waals surface area contributed by atoms with Crippen molar-refractivity contribution in [3.8, 4) is 0 Å². The lowest BCUT2D eigenvalue weighted by molar-refractivity contribution is -0.145. The van der Waals surface area contributed by atoms with Crippen LogP contribution in [-0.2, 0) is 22.5 Å². The fourth-order valence-corrected chi connectivity index (χ4v) is 4.27. The van der Waals surface area contributed by atoms with Crippen molar-refractivity contribution in [2.75, 3.05) is 6.54 Å². The Labute approximate surface area is 195 Å². The Kier molecular flexibility index (Phi) is 7.95. The number of carbonyl (C=O) groups is 2. The molecular formula is C26H34N2O5. The van der Waals surface area contributed by atoms with Gasteiger partial charge in [-0.1, -0.05) is 30.3 Å². The Balaban J connectivity index is 1.48. The van der Waals surface area contributed by atoms with Crippen molar-refractivity contribution in [2.24, 2.45) is 5.92 Å². The molecule has 7 heteroatoms. The summed E-state index contributed by atoms with van der Waals surface area (Å²) < 4.78 is 7.07. The lowest BCUT2D eigenvalue weighted by atomic mass is 9.86. The summed E-state index contributed by atoms with van der Waals surface area (Å²) in [5, 5.41) is 9.66. The van der Waals surface area contributed by atoms with E-state index in [0.717, 1.165) is 31.2 Å².